The van der Waals surface area contributed by atoms with Crippen molar-refractivity contribution in [3.05, 3.63) is 52.1 Å². The van der Waals surface area contributed by atoms with E-state index in [9.17, 15) is 23.2 Å². The molecule has 2 aliphatic rings. The van der Waals surface area contributed by atoms with Crippen LogP contribution in [0.1, 0.15) is 31.7 Å². The van der Waals surface area contributed by atoms with Gasteiger partial charge in [0, 0.05) is 24.0 Å². The van der Waals surface area contributed by atoms with Crippen molar-refractivity contribution in [3.63, 3.8) is 0 Å². The van der Waals surface area contributed by atoms with Gasteiger partial charge in [0.05, 0.1) is 30.0 Å². The molecule has 1 saturated heterocycles. The number of para-hydroxylation sites is 1. The molecule has 10 heteroatoms. The molecule has 3 rings (SSSR count). The lowest BCUT2D eigenvalue weighted by Crippen LogP contribution is -2.31. The highest BCUT2D eigenvalue weighted by molar-refractivity contribution is 7.58. The summed E-state index contributed by atoms with van der Waals surface area (Å²) in [5.74, 6) is -2.60. The van der Waals surface area contributed by atoms with E-state index in [2.05, 4.69) is 4.74 Å². The predicted molar refractivity (Wildman–Crippen MR) is 101 cm³/mol. The summed E-state index contributed by atoms with van der Waals surface area (Å²) in [5.41, 5.74) is 0.917. The minimum Gasteiger partial charge on any atom is -0.478 e. The Balaban J connectivity index is 2.28. The van der Waals surface area contributed by atoms with Gasteiger partial charge in [-0.2, -0.15) is 8.78 Å². The second-order valence-electron chi connectivity index (χ2n) is 6.70. The van der Waals surface area contributed by atoms with E-state index in [-0.39, 0.29) is 35.4 Å². The standard InChI is InChI=1S/C19H22F2NO6P/c1-11-15(18(23)24)16(13-7-4-5-8-14(13)28-19(20)21)17(12(2)22(11)3)29(25)26-9-6-10-27-29/h4-5,7-8,16,19H,6,9-10H2,1-3H3,(H,23,24). The molecule has 0 aromatic heterocycles. The molecule has 7 nitrogen and oxygen atoms in total. The number of carboxylic acids is 1. The lowest BCUT2D eigenvalue weighted by atomic mass is 9.85. The maximum Gasteiger partial charge on any atom is 0.387 e. The molecule has 0 spiro atoms. The molecular weight excluding hydrogens is 407 g/mol. The number of allylic oxidation sites excluding steroid dienone is 3. The number of aliphatic carboxylic acids is 1. The van der Waals surface area contributed by atoms with Gasteiger partial charge in [-0.3, -0.25) is 4.57 Å². The summed E-state index contributed by atoms with van der Waals surface area (Å²) >= 11 is 0. The third kappa shape index (κ3) is 3.95. The number of alkyl halides is 2. The number of hydrogen-bond donors (Lipinski definition) is 1. The quantitative estimate of drug-likeness (QED) is 0.688. The summed E-state index contributed by atoms with van der Waals surface area (Å²) in [5, 5.41) is 10.1. The van der Waals surface area contributed by atoms with Gasteiger partial charge in [0.1, 0.15) is 5.75 Å². The number of carboxylic acid groups (broad SMARTS) is 1. The SMILES string of the molecule is CC1=C(C(=O)O)C(c2ccccc2OC(F)F)C(P2(=O)OCCCO2)=C(C)N1C. The Morgan fingerprint density at radius 2 is 1.86 bits per heavy atom. The first-order valence-corrected chi connectivity index (χ1v) is 10.5. The predicted octanol–water partition coefficient (Wildman–Crippen LogP) is 4.54. The van der Waals surface area contributed by atoms with Crippen molar-refractivity contribution < 1.29 is 37.0 Å². The minimum atomic E-state index is -3.86. The van der Waals surface area contributed by atoms with Gasteiger partial charge in [-0.05, 0) is 26.3 Å². The maximum atomic E-state index is 13.6. The van der Waals surface area contributed by atoms with Crippen molar-refractivity contribution in [2.24, 2.45) is 0 Å². The Hall–Kier alpha value is -2.22. The molecule has 0 saturated carbocycles. The molecule has 158 valence electrons. The third-order valence-electron chi connectivity index (χ3n) is 5.11. The Labute approximate surface area is 167 Å². The van der Waals surface area contributed by atoms with E-state index < -0.39 is 26.1 Å². The van der Waals surface area contributed by atoms with Crippen LogP contribution >= 0.6 is 7.60 Å². The van der Waals surface area contributed by atoms with Gasteiger partial charge in [-0.25, -0.2) is 4.79 Å². The van der Waals surface area contributed by atoms with Crippen LogP contribution in [0, 0.1) is 0 Å². The number of halogens is 2. The summed E-state index contributed by atoms with van der Waals surface area (Å²) in [7, 11) is -2.22. The van der Waals surface area contributed by atoms with Gasteiger partial charge in [0.15, 0.2) is 0 Å². The Morgan fingerprint density at radius 3 is 2.45 bits per heavy atom. The Kier molecular flexibility index (Phi) is 6.12. The van der Waals surface area contributed by atoms with Crippen LogP contribution in [0.25, 0.3) is 0 Å². The van der Waals surface area contributed by atoms with Gasteiger partial charge in [-0.15, -0.1) is 0 Å². The summed E-state index contributed by atoms with van der Waals surface area (Å²) < 4.78 is 55.2. The van der Waals surface area contributed by atoms with Crippen LogP contribution in [0.5, 0.6) is 5.75 Å². The fourth-order valence-corrected chi connectivity index (χ4v) is 5.85. The molecule has 2 heterocycles. The maximum absolute atomic E-state index is 13.6. The van der Waals surface area contributed by atoms with E-state index in [0.717, 1.165) is 0 Å². The Morgan fingerprint density at radius 1 is 1.24 bits per heavy atom. The van der Waals surface area contributed by atoms with Crippen molar-refractivity contribution in [3.8, 4) is 5.75 Å². The zero-order chi connectivity index (χ0) is 21.3. The highest BCUT2D eigenvalue weighted by Crippen LogP contribution is 2.66. The first-order chi connectivity index (χ1) is 13.7. The molecule has 0 radical (unpaired) electrons. The number of rotatable bonds is 5. The van der Waals surface area contributed by atoms with Crippen LogP contribution in [0.15, 0.2) is 46.5 Å². The summed E-state index contributed by atoms with van der Waals surface area (Å²) in [4.78, 5) is 13.8. The molecule has 0 aliphatic carbocycles. The van der Waals surface area contributed by atoms with Crippen LogP contribution in [0.3, 0.4) is 0 Å². The monoisotopic (exact) mass is 429 g/mol. The van der Waals surface area contributed by atoms with Crippen molar-refractivity contribution in [1.82, 2.24) is 4.90 Å². The van der Waals surface area contributed by atoms with Crippen LogP contribution in [-0.4, -0.2) is 42.8 Å². The molecule has 0 amide bonds. The van der Waals surface area contributed by atoms with Crippen molar-refractivity contribution in [2.75, 3.05) is 20.3 Å². The van der Waals surface area contributed by atoms with E-state index in [1.165, 1.54) is 18.2 Å². The zero-order valence-electron chi connectivity index (χ0n) is 16.2. The number of hydrogen-bond acceptors (Lipinski definition) is 6. The normalized spacial score (nSPS) is 22.3. The lowest BCUT2D eigenvalue weighted by Gasteiger charge is -2.39. The fourth-order valence-electron chi connectivity index (χ4n) is 3.62. The number of carbonyl (C=O) groups is 1. The van der Waals surface area contributed by atoms with Gasteiger partial charge in [-0.1, -0.05) is 18.2 Å². The first kappa shape index (κ1) is 21.5. The third-order valence-corrected chi connectivity index (χ3v) is 7.33. The molecule has 1 aromatic rings. The molecule has 1 N–H and O–H groups in total. The van der Waals surface area contributed by atoms with Crippen molar-refractivity contribution >= 4 is 13.6 Å². The highest BCUT2D eigenvalue weighted by Gasteiger charge is 2.47. The average molecular weight is 429 g/mol. The molecule has 1 aromatic carbocycles. The summed E-state index contributed by atoms with van der Waals surface area (Å²) in [6, 6.07) is 5.87. The number of benzene rings is 1. The van der Waals surface area contributed by atoms with Crippen LogP contribution in [0.4, 0.5) is 8.78 Å². The molecule has 1 atom stereocenters. The average Bonchev–Trinajstić information content (AvgIpc) is 2.66. The van der Waals surface area contributed by atoms with Gasteiger partial charge >= 0.3 is 20.2 Å². The molecule has 2 aliphatic heterocycles. The second kappa shape index (κ2) is 8.26. The van der Waals surface area contributed by atoms with Gasteiger partial charge in [0.2, 0.25) is 0 Å². The second-order valence-corrected chi connectivity index (χ2v) is 8.69. The number of nitrogens with zero attached hydrogens (tertiary/aromatic N) is 1. The molecule has 29 heavy (non-hydrogen) atoms. The van der Waals surface area contributed by atoms with Crippen LogP contribution in [0.2, 0.25) is 0 Å². The summed E-state index contributed by atoms with van der Waals surface area (Å²) in [6.45, 7) is 0.538. The zero-order valence-corrected chi connectivity index (χ0v) is 17.1. The summed E-state index contributed by atoms with van der Waals surface area (Å²) in [6.07, 6.45) is 0.544. The first-order valence-electron chi connectivity index (χ1n) is 8.99. The Bertz CT molecular complexity index is 919. The van der Waals surface area contributed by atoms with Crippen LogP contribution in [-0.2, 0) is 18.4 Å². The van der Waals surface area contributed by atoms with Crippen LogP contribution < -0.4 is 4.74 Å². The number of ether oxygens (including phenoxy) is 1. The van der Waals surface area contributed by atoms with E-state index >= 15 is 0 Å². The molecule has 1 unspecified atom stereocenters. The van der Waals surface area contributed by atoms with E-state index in [1.807, 2.05) is 0 Å². The van der Waals surface area contributed by atoms with Gasteiger partial charge in [0.25, 0.3) is 0 Å². The van der Waals surface area contributed by atoms with Crippen molar-refractivity contribution in [1.29, 1.82) is 0 Å². The van der Waals surface area contributed by atoms with E-state index in [0.29, 0.717) is 17.8 Å². The topological polar surface area (TPSA) is 85.3 Å². The van der Waals surface area contributed by atoms with Crippen molar-refractivity contribution in [2.45, 2.75) is 32.8 Å². The lowest BCUT2D eigenvalue weighted by molar-refractivity contribution is -0.133. The molecule has 1 fully saturated rings. The van der Waals surface area contributed by atoms with E-state index in [4.69, 9.17) is 9.05 Å². The molecule has 0 bridgehead atoms. The van der Waals surface area contributed by atoms with E-state index in [1.54, 1.807) is 31.9 Å². The smallest absolute Gasteiger partial charge is 0.387 e. The fraction of sp³-hybridized carbons (Fsp3) is 0.421. The van der Waals surface area contributed by atoms with Gasteiger partial charge < -0.3 is 23.8 Å². The molecular formula is C19H22F2NO6P. The largest absolute Gasteiger partial charge is 0.478 e. The minimum absolute atomic E-state index is 0.105. The highest BCUT2D eigenvalue weighted by atomic mass is 31.2.